The number of hydrogen-bond donors (Lipinski definition) is 1. The van der Waals surface area contributed by atoms with Gasteiger partial charge in [0.25, 0.3) is 5.91 Å². The summed E-state index contributed by atoms with van der Waals surface area (Å²) < 4.78 is 10.8. The van der Waals surface area contributed by atoms with Crippen molar-refractivity contribution >= 4 is 23.2 Å². The van der Waals surface area contributed by atoms with Gasteiger partial charge in [0.15, 0.2) is 6.10 Å². The van der Waals surface area contributed by atoms with Gasteiger partial charge in [0.2, 0.25) is 0 Å². The molecule has 0 aromatic heterocycles. The standard InChI is InChI=1S/C17H18ClNO3/c1-11-15(18)8-5-9-16(11)19-17(20)12(2)22-14-7-4-6-13(10-14)21-3/h4-10,12H,1-3H3,(H,19,20)/t12-/m1/s1. The summed E-state index contributed by atoms with van der Waals surface area (Å²) in [6, 6.07) is 12.5. The van der Waals surface area contributed by atoms with Crippen LogP contribution in [0.5, 0.6) is 11.5 Å². The first-order chi connectivity index (χ1) is 10.5. The van der Waals surface area contributed by atoms with Crippen molar-refractivity contribution in [2.45, 2.75) is 20.0 Å². The minimum Gasteiger partial charge on any atom is -0.497 e. The molecule has 116 valence electrons. The summed E-state index contributed by atoms with van der Waals surface area (Å²) >= 11 is 6.04. The van der Waals surface area contributed by atoms with Gasteiger partial charge in [0.05, 0.1) is 7.11 Å². The molecule has 4 nitrogen and oxygen atoms in total. The first-order valence-corrected chi connectivity index (χ1v) is 7.25. The number of methoxy groups -OCH3 is 1. The molecule has 0 unspecified atom stereocenters. The normalized spacial score (nSPS) is 11.6. The van der Waals surface area contributed by atoms with Crippen molar-refractivity contribution in [3.63, 3.8) is 0 Å². The molecule has 2 aromatic rings. The summed E-state index contributed by atoms with van der Waals surface area (Å²) in [5.74, 6) is 1.01. The highest BCUT2D eigenvalue weighted by molar-refractivity contribution is 6.31. The highest BCUT2D eigenvalue weighted by Gasteiger charge is 2.16. The third kappa shape index (κ3) is 3.92. The molecule has 0 saturated heterocycles. The van der Waals surface area contributed by atoms with Gasteiger partial charge < -0.3 is 14.8 Å². The molecule has 0 fully saturated rings. The molecule has 0 radical (unpaired) electrons. The number of rotatable bonds is 5. The zero-order valence-corrected chi connectivity index (χ0v) is 13.5. The number of ether oxygens (including phenoxy) is 2. The molecule has 1 amide bonds. The van der Waals surface area contributed by atoms with E-state index in [1.165, 1.54) is 0 Å². The molecular formula is C17H18ClNO3. The first-order valence-electron chi connectivity index (χ1n) is 6.88. The molecular weight excluding hydrogens is 302 g/mol. The fraction of sp³-hybridized carbons (Fsp3) is 0.235. The average Bonchev–Trinajstić information content (AvgIpc) is 2.52. The molecule has 0 aliphatic heterocycles. The molecule has 0 saturated carbocycles. The third-order valence-corrected chi connectivity index (χ3v) is 3.66. The number of benzene rings is 2. The van der Waals surface area contributed by atoms with Gasteiger partial charge in [-0.15, -0.1) is 0 Å². The molecule has 22 heavy (non-hydrogen) atoms. The molecule has 2 aromatic carbocycles. The van der Waals surface area contributed by atoms with E-state index >= 15 is 0 Å². The summed E-state index contributed by atoms with van der Waals surface area (Å²) in [7, 11) is 1.58. The van der Waals surface area contributed by atoms with Crippen LogP contribution in [0, 0.1) is 6.92 Å². The van der Waals surface area contributed by atoms with E-state index in [0.29, 0.717) is 22.2 Å². The predicted octanol–water partition coefficient (Wildman–Crippen LogP) is 4.06. The molecule has 1 N–H and O–H groups in total. The van der Waals surface area contributed by atoms with Crippen molar-refractivity contribution in [1.29, 1.82) is 0 Å². The van der Waals surface area contributed by atoms with Crippen molar-refractivity contribution in [1.82, 2.24) is 0 Å². The Hall–Kier alpha value is -2.20. The quantitative estimate of drug-likeness (QED) is 0.904. The highest BCUT2D eigenvalue weighted by Crippen LogP contribution is 2.24. The van der Waals surface area contributed by atoms with Crippen molar-refractivity contribution in [3.05, 3.63) is 53.1 Å². The van der Waals surface area contributed by atoms with Gasteiger partial charge in [-0.1, -0.05) is 23.7 Å². The zero-order valence-electron chi connectivity index (χ0n) is 12.7. The van der Waals surface area contributed by atoms with Crippen LogP contribution in [0.15, 0.2) is 42.5 Å². The Kier molecular flexibility index (Phi) is 5.28. The molecule has 1 atom stereocenters. The van der Waals surface area contributed by atoms with Crippen molar-refractivity contribution < 1.29 is 14.3 Å². The van der Waals surface area contributed by atoms with Crippen molar-refractivity contribution in [2.75, 3.05) is 12.4 Å². The maximum atomic E-state index is 12.2. The van der Waals surface area contributed by atoms with Gasteiger partial charge in [-0.3, -0.25) is 4.79 Å². The largest absolute Gasteiger partial charge is 0.497 e. The number of carbonyl (C=O) groups is 1. The Balaban J connectivity index is 2.04. The maximum absolute atomic E-state index is 12.2. The summed E-state index contributed by atoms with van der Waals surface area (Å²) in [5.41, 5.74) is 1.50. The zero-order chi connectivity index (χ0) is 16.1. The van der Waals surface area contributed by atoms with E-state index in [2.05, 4.69) is 5.32 Å². The summed E-state index contributed by atoms with van der Waals surface area (Å²) in [6.45, 7) is 3.54. The van der Waals surface area contributed by atoms with E-state index in [9.17, 15) is 4.79 Å². The van der Waals surface area contributed by atoms with Crippen LogP contribution >= 0.6 is 11.6 Å². The van der Waals surface area contributed by atoms with E-state index in [-0.39, 0.29) is 5.91 Å². The molecule has 5 heteroatoms. The summed E-state index contributed by atoms with van der Waals surface area (Å²) in [5, 5.41) is 3.43. The number of nitrogens with one attached hydrogen (secondary N) is 1. The topological polar surface area (TPSA) is 47.6 Å². The fourth-order valence-corrected chi connectivity index (χ4v) is 2.08. The van der Waals surface area contributed by atoms with Crippen molar-refractivity contribution in [3.8, 4) is 11.5 Å². The monoisotopic (exact) mass is 319 g/mol. The van der Waals surface area contributed by atoms with Gasteiger partial charge in [-0.05, 0) is 43.7 Å². The van der Waals surface area contributed by atoms with Crippen LogP contribution in [0.1, 0.15) is 12.5 Å². The second kappa shape index (κ2) is 7.18. The van der Waals surface area contributed by atoms with Crippen LogP contribution in [0.2, 0.25) is 5.02 Å². The van der Waals surface area contributed by atoms with Crippen LogP contribution < -0.4 is 14.8 Å². The predicted molar refractivity (Wildman–Crippen MR) is 87.9 cm³/mol. The minimum absolute atomic E-state index is 0.242. The number of halogens is 1. The second-order valence-electron chi connectivity index (χ2n) is 4.84. The fourth-order valence-electron chi connectivity index (χ4n) is 1.91. The lowest BCUT2D eigenvalue weighted by atomic mass is 10.2. The van der Waals surface area contributed by atoms with Gasteiger partial charge in [0.1, 0.15) is 11.5 Å². The SMILES string of the molecule is COc1cccc(O[C@H](C)C(=O)Nc2cccc(Cl)c2C)c1. The first kappa shape index (κ1) is 16.2. The molecule has 0 bridgehead atoms. The lowest BCUT2D eigenvalue weighted by Gasteiger charge is -2.16. The van der Waals surface area contributed by atoms with E-state index in [1.807, 2.05) is 13.0 Å². The number of anilines is 1. The van der Waals surface area contributed by atoms with Crippen LogP contribution in [0.3, 0.4) is 0 Å². The lowest BCUT2D eigenvalue weighted by molar-refractivity contribution is -0.122. The number of amides is 1. The van der Waals surface area contributed by atoms with E-state index in [0.717, 1.165) is 5.56 Å². The summed E-state index contributed by atoms with van der Waals surface area (Å²) in [6.07, 6.45) is -0.648. The Morgan fingerprint density at radius 1 is 1.18 bits per heavy atom. The number of hydrogen-bond acceptors (Lipinski definition) is 3. The highest BCUT2D eigenvalue weighted by atomic mass is 35.5. The molecule has 0 aliphatic carbocycles. The second-order valence-corrected chi connectivity index (χ2v) is 5.25. The van der Waals surface area contributed by atoms with Crippen LogP contribution in [0.25, 0.3) is 0 Å². The Labute approximate surface area is 135 Å². The Morgan fingerprint density at radius 2 is 1.86 bits per heavy atom. The van der Waals surface area contributed by atoms with Crippen LogP contribution in [-0.2, 0) is 4.79 Å². The third-order valence-electron chi connectivity index (χ3n) is 3.25. The van der Waals surface area contributed by atoms with Crippen LogP contribution in [0.4, 0.5) is 5.69 Å². The Bertz CT molecular complexity index is 673. The van der Waals surface area contributed by atoms with Gasteiger partial charge in [-0.2, -0.15) is 0 Å². The molecule has 0 spiro atoms. The molecule has 0 heterocycles. The van der Waals surface area contributed by atoms with Crippen molar-refractivity contribution in [2.24, 2.45) is 0 Å². The Morgan fingerprint density at radius 3 is 2.59 bits per heavy atom. The van der Waals surface area contributed by atoms with E-state index in [4.69, 9.17) is 21.1 Å². The average molecular weight is 320 g/mol. The van der Waals surface area contributed by atoms with Gasteiger partial charge >= 0.3 is 0 Å². The van der Waals surface area contributed by atoms with Gasteiger partial charge in [-0.25, -0.2) is 0 Å². The molecule has 2 rings (SSSR count). The smallest absolute Gasteiger partial charge is 0.265 e. The summed E-state index contributed by atoms with van der Waals surface area (Å²) in [4.78, 5) is 12.2. The minimum atomic E-state index is -0.648. The van der Waals surface area contributed by atoms with Gasteiger partial charge in [0, 0.05) is 16.8 Å². The maximum Gasteiger partial charge on any atom is 0.265 e. The lowest BCUT2D eigenvalue weighted by Crippen LogP contribution is -2.30. The molecule has 0 aliphatic rings. The van der Waals surface area contributed by atoms with Crippen LogP contribution in [-0.4, -0.2) is 19.1 Å². The van der Waals surface area contributed by atoms with E-state index in [1.54, 1.807) is 50.4 Å². The number of carbonyl (C=O) groups excluding carboxylic acids is 1. The van der Waals surface area contributed by atoms with E-state index < -0.39 is 6.10 Å².